The van der Waals surface area contributed by atoms with Crippen molar-refractivity contribution in [2.24, 2.45) is 17.6 Å². The van der Waals surface area contributed by atoms with Gasteiger partial charge in [-0.1, -0.05) is 29.8 Å². The predicted molar refractivity (Wildman–Crippen MR) is 76.9 cm³/mol. The zero-order chi connectivity index (χ0) is 13.3. The summed E-state index contributed by atoms with van der Waals surface area (Å²) < 4.78 is 14.3. The summed E-state index contributed by atoms with van der Waals surface area (Å²) in [6.07, 6.45) is 4.06. The Balaban J connectivity index is 2.18. The van der Waals surface area contributed by atoms with Gasteiger partial charge in [-0.15, -0.1) is 0 Å². The molecule has 1 aliphatic carbocycles. The zero-order valence-electron chi connectivity index (χ0n) is 11.0. The van der Waals surface area contributed by atoms with Crippen LogP contribution in [0.3, 0.4) is 0 Å². The van der Waals surface area contributed by atoms with Crippen LogP contribution in [0.1, 0.15) is 38.7 Å². The summed E-state index contributed by atoms with van der Waals surface area (Å²) in [5, 5.41) is 0. The molecule has 1 aromatic rings. The maximum absolute atomic E-state index is 13.3. The number of halogens is 2. The minimum absolute atomic E-state index is 0.186. The Morgan fingerprint density at radius 1 is 1.33 bits per heavy atom. The van der Waals surface area contributed by atoms with Crippen molar-refractivity contribution < 1.29 is 4.39 Å². The quantitative estimate of drug-likeness (QED) is 0.866. The predicted octanol–water partition coefficient (Wildman–Crippen LogP) is 4.28. The highest BCUT2D eigenvalue weighted by atomic mass is 79.9. The van der Waals surface area contributed by atoms with Crippen LogP contribution >= 0.6 is 15.9 Å². The fraction of sp³-hybridized carbons (Fsp3) is 0.600. The summed E-state index contributed by atoms with van der Waals surface area (Å²) >= 11 is 3.49. The summed E-state index contributed by atoms with van der Waals surface area (Å²) in [6, 6.07) is 4.84. The largest absolute Gasteiger partial charge is 0.325 e. The molecule has 0 bridgehead atoms. The molecule has 18 heavy (non-hydrogen) atoms. The van der Waals surface area contributed by atoms with Gasteiger partial charge in [-0.2, -0.15) is 0 Å². The molecule has 1 saturated carbocycles. The Kier molecular flexibility index (Phi) is 4.12. The van der Waals surface area contributed by atoms with Crippen LogP contribution in [0.5, 0.6) is 0 Å². The van der Waals surface area contributed by atoms with E-state index in [0.29, 0.717) is 11.8 Å². The molecule has 2 unspecified atom stereocenters. The van der Waals surface area contributed by atoms with Crippen LogP contribution in [-0.4, -0.2) is 5.54 Å². The lowest BCUT2D eigenvalue weighted by Crippen LogP contribution is -2.48. The molecule has 0 radical (unpaired) electrons. The third-order valence-corrected chi connectivity index (χ3v) is 4.64. The van der Waals surface area contributed by atoms with E-state index in [1.165, 1.54) is 12.5 Å². The fourth-order valence-electron chi connectivity index (χ4n) is 3.53. The smallest absolute Gasteiger partial charge is 0.123 e. The number of benzene rings is 1. The first kappa shape index (κ1) is 14.0. The Morgan fingerprint density at radius 3 is 2.56 bits per heavy atom. The first-order chi connectivity index (χ1) is 8.38. The molecule has 0 heterocycles. The van der Waals surface area contributed by atoms with Crippen molar-refractivity contribution in [1.82, 2.24) is 0 Å². The van der Waals surface area contributed by atoms with Crippen molar-refractivity contribution in [3.8, 4) is 0 Å². The molecule has 0 saturated heterocycles. The first-order valence-electron chi connectivity index (χ1n) is 6.61. The van der Waals surface area contributed by atoms with Gasteiger partial charge in [0.2, 0.25) is 0 Å². The Morgan fingerprint density at radius 2 is 1.94 bits per heavy atom. The molecule has 2 rings (SSSR count). The zero-order valence-corrected chi connectivity index (χ0v) is 12.6. The van der Waals surface area contributed by atoms with Crippen LogP contribution in [0.15, 0.2) is 22.7 Å². The molecule has 0 amide bonds. The maximum atomic E-state index is 13.3. The second kappa shape index (κ2) is 5.30. The van der Waals surface area contributed by atoms with Gasteiger partial charge in [0.25, 0.3) is 0 Å². The van der Waals surface area contributed by atoms with Crippen molar-refractivity contribution in [3.63, 3.8) is 0 Å². The maximum Gasteiger partial charge on any atom is 0.123 e. The van der Waals surface area contributed by atoms with E-state index in [-0.39, 0.29) is 11.4 Å². The standard InChI is InChI=1S/C15H21BrFN/c1-10-5-11(2)8-15(18,7-10)9-12-6-13(17)3-4-14(12)16/h3-4,6,10-11H,5,7-9,18H2,1-2H3. The van der Waals surface area contributed by atoms with Gasteiger partial charge in [-0.05, 0) is 61.3 Å². The van der Waals surface area contributed by atoms with Crippen LogP contribution in [0.25, 0.3) is 0 Å². The average Bonchev–Trinajstić information content (AvgIpc) is 2.21. The molecular weight excluding hydrogens is 293 g/mol. The highest BCUT2D eigenvalue weighted by Gasteiger charge is 2.34. The van der Waals surface area contributed by atoms with E-state index in [0.717, 1.165) is 29.3 Å². The molecule has 2 N–H and O–H groups in total. The Bertz CT molecular complexity index is 423. The first-order valence-corrected chi connectivity index (χ1v) is 7.40. The molecule has 2 atom stereocenters. The van der Waals surface area contributed by atoms with Gasteiger partial charge in [0.1, 0.15) is 5.82 Å². The summed E-state index contributed by atoms with van der Waals surface area (Å²) in [5.41, 5.74) is 7.35. The summed E-state index contributed by atoms with van der Waals surface area (Å²) in [7, 11) is 0. The lowest BCUT2D eigenvalue weighted by Gasteiger charge is -2.40. The van der Waals surface area contributed by atoms with Gasteiger partial charge < -0.3 is 5.73 Å². The van der Waals surface area contributed by atoms with Gasteiger partial charge >= 0.3 is 0 Å². The van der Waals surface area contributed by atoms with Gasteiger partial charge in [-0.25, -0.2) is 4.39 Å². The average molecular weight is 314 g/mol. The van der Waals surface area contributed by atoms with Crippen LogP contribution in [0.4, 0.5) is 4.39 Å². The van der Waals surface area contributed by atoms with E-state index in [2.05, 4.69) is 29.8 Å². The van der Waals surface area contributed by atoms with Crippen LogP contribution in [-0.2, 0) is 6.42 Å². The number of hydrogen-bond donors (Lipinski definition) is 1. The third kappa shape index (κ3) is 3.33. The van der Waals surface area contributed by atoms with Crippen molar-refractivity contribution in [3.05, 3.63) is 34.1 Å². The molecule has 1 fully saturated rings. The topological polar surface area (TPSA) is 26.0 Å². The van der Waals surface area contributed by atoms with Gasteiger partial charge in [0, 0.05) is 10.0 Å². The Hall–Kier alpha value is -0.410. The van der Waals surface area contributed by atoms with Crippen LogP contribution < -0.4 is 5.73 Å². The normalized spacial score (nSPS) is 32.5. The monoisotopic (exact) mass is 313 g/mol. The molecular formula is C15H21BrFN. The molecule has 100 valence electrons. The summed E-state index contributed by atoms with van der Waals surface area (Å²) in [6.45, 7) is 4.52. The minimum Gasteiger partial charge on any atom is -0.325 e. The lowest BCUT2D eigenvalue weighted by atomic mass is 9.70. The lowest BCUT2D eigenvalue weighted by molar-refractivity contribution is 0.182. The molecule has 1 aromatic carbocycles. The second-order valence-electron chi connectivity index (χ2n) is 6.13. The SMILES string of the molecule is CC1CC(C)CC(N)(Cc2cc(F)ccc2Br)C1. The number of rotatable bonds is 2. The molecule has 0 aliphatic heterocycles. The van der Waals surface area contributed by atoms with E-state index in [1.807, 2.05) is 0 Å². The van der Waals surface area contributed by atoms with Crippen LogP contribution in [0.2, 0.25) is 0 Å². The van der Waals surface area contributed by atoms with Crippen molar-refractivity contribution >= 4 is 15.9 Å². The Labute approximate surface area is 117 Å². The van der Waals surface area contributed by atoms with Crippen molar-refractivity contribution in [2.75, 3.05) is 0 Å². The number of hydrogen-bond acceptors (Lipinski definition) is 1. The van der Waals surface area contributed by atoms with E-state index in [1.54, 1.807) is 12.1 Å². The molecule has 3 heteroatoms. The second-order valence-corrected chi connectivity index (χ2v) is 6.98. The highest BCUT2D eigenvalue weighted by Crippen LogP contribution is 2.37. The number of nitrogens with two attached hydrogens (primary N) is 1. The van der Waals surface area contributed by atoms with Gasteiger partial charge in [0.05, 0.1) is 0 Å². The third-order valence-electron chi connectivity index (χ3n) is 3.86. The van der Waals surface area contributed by atoms with E-state index in [9.17, 15) is 4.39 Å². The minimum atomic E-state index is -0.187. The van der Waals surface area contributed by atoms with Crippen molar-refractivity contribution in [2.45, 2.75) is 45.1 Å². The molecule has 0 aromatic heterocycles. The summed E-state index contributed by atoms with van der Waals surface area (Å²) in [5.74, 6) is 1.13. The van der Waals surface area contributed by atoms with Gasteiger partial charge in [-0.3, -0.25) is 0 Å². The van der Waals surface area contributed by atoms with E-state index in [4.69, 9.17) is 5.73 Å². The van der Waals surface area contributed by atoms with E-state index < -0.39 is 0 Å². The van der Waals surface area contributed by atoms with Crippen molar-refractivity contribution in [1.29, 1.82) is 0 Å². The molecule has 1 nitrogen and oxygen atoms in total. The van der Waals surface area contributed by atoms with E-state index >= 15 is 0 Å². The molecule has 0 spiro atoms. The molecule has 1 aliphatic rings. The summed E-state index contributed by atoms with van der Waals surface area (Å²) in [4.78, 5) is 0. The van der Waals surface area contributed by atoms with Crippen LogP contribution in [0, 0.1) is 17.7 Å². The fourth-order valence-corrected chi connectivity index (χ4v) is 3.91. The highest BCUT2D eigenvalue weighted by molar-refractivity contribution is 9.10. The van der Waals surface area contributed by atoms with Gasteiger partial charge in [0.15, 0.2) is 0 Å².